The number of hydrogen-bond donors (Lipinski definition) is 1. The number of aryl methyl sites for hydroxylation is 2. The average molecular weight is 501 g/mol. The summed E-state index contributed by atoms with van der Waals surface area (Å²) in [5.41, 5.74) is 2.67. The van der Waals surface area contributed by atoms with Crippen molar-refractivity contribution >= 4 is 23.4 Å². The fraction of sp³-hybridized carbons (Fsp3) is 0.500. The van der Waals surface area contributed by atoms with E-state index >= 15 is 0 Å². The van der Waals surface area contributed by atoms with Crippen molar-refractivity contribution in [3.63, 3.8) is 0 Å². The lowest BCUT2D eigenvalue weighted by Crippen LogP contribution is -2.52. The highest BCUT2D eigenvalue weighted by atomic mass is 35.5. The summed E-state index contributed by atoms with van der Waals surface area (Å²) >= 11 is 6.27. The third kappa shape index (κ3) is 7.38. The molecule has 1 aliphatic rings. The van der Waals surface area contributed by atoms with Gasteiger partial charge in [0.15, 0.2) is 6.61 Å². The Balaban J connectivity index is 1.79. The minimum Gasteiger partial charge on any atom is -0.497 e. The van der Waals surface area contributed by atoms with Gasteiger partial charge in [0.2, 0.25) is 5.91 Å². The first-order valence-corrected chi connectivity index (χ1v) is 12.8. The van der Waals surface area contributed by atoms with Gasteiger partial charge in [-0.25, -0.2) is 0 Å². The molecule has 0 spiro atoms. The largest absolute Gasteiger partial charge is 0.497 e. The van der Waals surface area contributed by atoms with Gasteiger partial charge in [-0.3, -0.25) is 9.59 Å². The van der Waals surface area contributed by atoms with Crippen LogP contribution in [-0.4, -0.2) is 42.5 Å². The Morgan fingerprint density at radius 3 is 2.40 bits per heavy atom. The molecule has 0 aromatic heterocycles. The van der Waals surface area contributed by atoms with E-state index in [1.165, 1.54) is 6.42 Å². The minimum absolute atomic E-state index is 0.103. The van der Waals surface area contributed by atoms with E-state index in [0.29, 0.717) is 22.9 Å². The van der Waals surface area contributed by atoms with E-state index < -0.39 is 6.04 Å². The van der Waals surface area contributed by atoms with Gasteiger partial charge in [0.1, 0.15) is 17.5 Å². The molecule has 1 N–H and O–H groups in total. The molecule has 0 saturated heterocycles. The molecule has 190 valence electrons. The Kier molecular flexibility index (Phi) is 9.84. The average Bonchev–Trinajstić information content (AvgIpc) is 2.86. The molecule has 2 amide bonds. The SMILES string of the molecule is CC[C@H](C(=O)NC1CCCCC1)N(Cc1cccc(OC)c1)C(=O)COc1cc(C)c(Cl)c(C)c1. The van der Waals surface area contributed by atoms with Gasteiger partial charge in [-0.05, 0) is 74.1 Å². The van der Waals surface area contributed by atoms with Crippen molar-refractivity contribution in [1.29, 1.82) is 0 Å². The maximum Gasteiger partial charge on any atom is 0.261 e. The standard InChI is InChI=1S/C28H37ClN2O4/c1-5-25(28(33)30-22-11-7-6-8-12-22)31(17-21-10-9-13-23(16-21)34-4)26(32)18-35-24-14-19(2)27(29)20(3)15-24/h9-10,13-16,22,25H,5-8,11-12,17-18H2,1-4H3,(H,30,33)/t25-/m1/s1. The van der Waals surface area contributed by atoms with E-state index in [-0.39, 0.29) is 31.0 Å². The van der Waals surface area contributed by atoms with E-state index in [1.807, 2.05) is 57.2 Å². The number of rotatable bonds is 10. The van der Waals surface area contributed by atoms with Crippen LogP contribution in [0.4, 0.5) is 0 Å². The first-order chi connectivity index (χ1) is 16.8. The van der Waals surface area contributed by atoms with Gasteiger partial charge in [0.05, 0.1) is 7.11 Å². The molecule has 1 atom stereocenters. The zero-order chi connectivity index (χ0) is 25.4. The van der Waals surface area contributed by atoms with Gasteiger partial charge in [0.25, 0.3) is 5.91 Å². The third-order valence-electron chi connectivity index (χ3n) is 6.60. The normalized spacial score (nSPS) is 14.8. The Morgan fingerprint density at radius 1 is 1.09 bits per heavy atom. The van der Waals surface area contributed by atoms with Crippen LogP contribution in [0.2, 0.25) is 5.02 Å². The zero-order valence-electron chi connectivity index (χ0n) is 21.2. The summed E-state index contributed by atoms with van der Waals surface area (Å²) in [6, 6.07) is 10.8. The van der Waals surface area contributed by atoms with Crippen LogP contribution in [-0.2, 0) is 16.1 Å². The highest BCUT2D eigenvalue weighted by molar-refractivity contribution is 6.32. The van der Waals surface area contributed by atoms with Crippen LogP contribution in [0, 0.1) is 13.8 Å². The molecule has 0 aliphatic heterocycles. The molecule has 2 aromatic carbocycles. The second-order valence-electron chi connectivity index (χ2n) is 9.30. The van der Waals surface area contributed by atoms with E-state index in [2.05, 4.69) is 5.32 Å². The number of benzene rings is 2. The van der Waals surface area contributed by atoms with Crippen molar-refractivity contribution in [3.05, 3.63) is 58.1 Å². The molecule has 0 radical (unpaired) electrons. The summed E-state index contributed by atoms with van der Waals surface area (Å²) in [5, 5.41) is 3.88. The monoisotopic (exact) mass is 500 g/mol. The van der Waals surface area contributed by atoms with Crippen molar-refractivity contribution in [3.8, 4) is 11.5 Å². The van der Waals surface area contributed by atoms with Gasteiger partial charge >= 0.3 is 0 Å². The van der Waals surface area contributed by atoms with Gasteiger partial charge < -0.3 is 19.7 Å². The topological polar surface area (TPSA) is 67.9 Å². The number of carbonyl (C=O) groups is 2. The Labute approximate surface area is 213 Å². The molecule has 0 heterocycles. The van der Waals surface area contributed by atoms with E-state index in [1.54, 1.807) is 12.0 Å². The van der Waals surface area contributed by atoms with Crippen molar-refractivity contribution < 1.29 is 19.1 Å². The van der Waals surface area contributed by atoms with E-state index in [4.69, 9.17) is 21.1 Å². The first kappa shape index (κ1) is 26.9. The maximum absolute atomic E-state index is 13.5. The third-order valence-corrected chi connectivity index (χ3v) is 7.19. The zero-order valence-corrected chi connectivity index (χ0v) is 22.0. The first-order valence-electron chi connectivity index (χ1n) is 12.4. The molecule has 6 nitrogen and oxygen atoms in total. The molecular weight excluding hydrogens is 464 g/mol. The second kappa shape index (κ2) is 12.8. The summed E-state index contributed by atoms with van der Waals surface area (Å²) < 4.78 is 11.2. The van der Waals surface area contributed by atoms with Crippen molar-refractivity contribution in [1.82, 2.24) is 10.2 Å². The summed E-state index contributed by atoms with van der Waals surface area (Å²) in [4.78, 5) is 28.4. The summed E-state index contributed by atoms with van der Waals surface area (Å²) in [6.45, 7) is 5.86. The van der Waals surface area contributed by atoms with Crippen LogP contribution in [0.5, 0.6) is 11.5 Å². The quantitative estimate of drug-likeness (QED) is 0.461. The number of ether oxygens (including phenoxy) is 2. The van der Waals surface area contributed by atoms with Crippen LogP contribution < -0.4 is 14.8 Å². The van der Waals surface area contributed by atoms with Gasteiger partial charge in [-0.2, -0.15) is 0 Å². The number of halogens is 1. The summed E-state index contributed by atoms with van der Waals surface area (Å²) in [6.07, 6.45) is 5.96. The molecule has 0 bridgehead atoms. The highest BCUT2D eigenvalue weighted by Crippen LogP contribution is 2.26. The van der Waals surface area contributed by atoms with Crippen molar-refractivity contribution in [2.24, 2.45) is 0 Å². The molecule has 35 heavy (non-hydrogen) atoms. The lowest BCUT2D eigenvalue weighted by atomic mass is 9.95. The summed E-state index contributed by atoms with van der Waals surface area (Å²) in [5.74, 6) is 0.939. The second-order valence-corrected chi connectivity index (χ2v) is 9.68. The lowest BCUT2D eigenvalue weighted by Gasteiger charge is -2.32. The fourth-order valence-electron chi connectivity index (χ4n) is 4.65. The molecular formula is C28H37ClN2O4. The molecule has 1 aliphatic carbocycles. The van der Waals surface area contributed by atoms with E-state index in [9.17, 15) is 9.59 Å². The summed E-state index contributed by atoms with van der Waals surface area (Å²) in [7, 11) is 1.61. The molecule has 7 heteroatoms. The van der Waals surface area contributed by atoms with Crippen LogP contribution in [0.15, 0.2) is 36.4 Å². The predicted octanol–water partition coefficient (Wildman–Crippen LogP) is 5.60. The maximum atomic E-state index is 13.5. The Morgan fingerprint density at radius 2 is 1.77 bits per heavy atom. The number of nitrogens with zero attached hydrogens (tertiary/aromatic N) is 1. The number of hydrogen-bond acceptors (Lipinski definition) is 4. The number of methoxy groups -OCH3 is 1. The number of amides is 2. The van der Waals surface area contributed by atoms with Gasteiger partial charge in [-0.15, -0.1) is 0 Å². The molecule has 1 saturated carbocycles. The molecule has 1 fully saturated rings. The van der Waals surface area contributed by atoms with Crippen molar-refractivity contribution in [2.75, 3.05) is 13.7 Å². The molecule has 2 aromatic rings. The number of nitrogens with one attached hydrogen (secondary N) is 1. The fourth-order valence-corrected chi connectivity index (χ4v) is 4.76. The Bertz CT molecular complexity index is 997. The smallest absolute Gasteiger partial charge is 0.261 e. The Hall–Kier alpha value is -2.73. The molecule has 0 unspecified atom stereocenters. The van der Waals surface area contributed by atoms with Crippen LogP contribution in [0.1, 0.15) is 62.1 Å². The lowest BCUT2D eigenvalue weighted by molar-refractivity contribution is -0.143. The van der Waals surface area contributed by atoms with Crippen LogP contribution >= 0.6 is 11.6 Å². The van der Waals surface area contributed by atoms with E-state index in [0.717, 1.165) is 42.4 Å². The van der Waals surface area contributed by atoms with Crippen LogP contribution in [0.25, 0.3) is 0 Å². The highest BCUT2D eigenvalue weighted by Gasteiger charge is 2.30. The molecule has 3 rings (SSSR count). The van der Waals surface area contributed by atoms with Crippen molar-refractivity contribution in [2.45, 2.75) is 77.9 Å². The van der Waals surface area contributed by atoms with Crippen LogP contribution in [0.3, 0.4) is 0 Å². The predicted molar refractivity (Wildman–Crippen MR) is 139 cm³/mol. The van der Waals surface area contributed by atoms with Gasteiger partial charge in [-0.1, -0.05) is 49.9 Å². The number of carbonyl (C=O) groups excluding carboxylic acids is 2. The van der Waals surface area contributed by atoms with Gasteiger partial charge in [0, 0.05) is 17.6 Å². The minimum atomic E-state index is -0.590.